The molecule has 2 aromatic heterocycles. The van der Waals surface area contributed by atoms with E-state index in [9.17, 15) is 13.2 Å². The van der Waals surface area contributed by atoms with Crippen molar-refractivity contribution in [3.63, 3.8) is 0 Å². The van der Waals surface area contributed by atoms with Crippen molar-refractivity contribution in [2.45, 2.75) is 36.5 Å². The summed E-state index contributed by atoms with van der Waals surface area (Å²) >= 11 is 1.72. The molecule has 1 saturated heterocycles. The van der Waals surface area contributed by atoms with Crippen LogP contribution in [0.1, 0.15) is 36.3 Å². The SMILES string of the molecule is Cn1c(SCCCN2CC[C@@]3(C[C@H]3c3ccc(C(F)(F)F)cc3)C2)nnc1-c1ccncc1. The van der Waals surface area contributed by atoms with Crippen LogP contribution in [0.5, 0.6) is 0 Å². The molecule has 3 heterocycles. The largest absolute Gasteiger partial charge is 0.416 e. The van der Waals surface area contributed by atoms with Gasteiger partial charge >= 0.3 is 6.18 Å². The minimum atomic E-state index is -4.27. The van der Waals surface area contributed by atoms with Crippen LogP contribution in [0.25, 0.3) is 11.4 Å². The second-order valence-corrected chi connectivity index (χ2v) is 10.1. The van der Waals surface area contributed by atoms with Crippen molar-refractivity contribution in [1.29, 1.82) is 0 Å². The lowest BCUT2D eigenvalue weighted by Gasteiger charge is -2.16. The van der Waals surface area contributed by atoms with Crippen LogP contribution in [-0.2, 0) is 13.2 Å². The van der Waals surface area contributed by atoms with E-state index in [0.29, 0.717) is 5.92 Å². The number of rotatable bonds is 7. The molecule has 0 amide bonds. The molecule has 174 valence electrons. The smallest absolute Gasteiger partial charge is 0.305 e. The monoisotopic (exact) mass is 473 g/mol. The van der Waals surface area contributed by atoms with Crippen LogP contribution in [0.4, 0.5) is 13.2 Å². The number of aromatic nitrogens is 4. The molecule has 0 radical (unpaired) electrons. The number of likely N-dealkylation sites (tertiary alicyclic amines) is 1. The number of nitrogens with zero attached hydrogens (tertiary/aromatic N) is 5. The van der Waals surface area contributed by atoms with Crippen LogP contribution in [0.3, 0.4) is 0 Å². The lowest BCUT2D eigenvalue weighted by molar-refractivity contribution is -0.137. The fraction of sp³-hybridized carbons (Fsp3) is 0.458. The topological polar surface area (TPSA) is 46.8 Å². The van der Waals surface area contributed by atoms with E-state index in [0.717, 1.165) is 66.8 Å². The van der Waals surface area contributed by atoms with Crippen molar-refractivity contribution in [2.24, 2.45) is 12.5 Å². The molecule has 3 aromatic rings. The number of hydrogen-bond acceptors (Lipinski definition) is 5. The molecule has 9 heteroatoms. The Labute approximate surface area is 195 Å². The van der Waals surface area contributed by atoms with E-state index >= 15 is 0 Å². The summed E-state index contributed by atoms with van der Waals surface area (Å²) in [5.74, 6) is 2.20. The zero-order valence-corrected chi connectivity index (χ0v) is 19.2. The van der Waals surface area contributed by atoms with Crippen LogP contribution in [0, 0.1) is 5.41 Å². The number of thioether (sulfide) groups is 1. The molecule has 5 rings (SSSR count). The van der Waals surface area contributed by atoms with E-state index in [4.69, 9.17) is 0 Å². The van der Waals surface area contributed by atoms with E-state index < -0.39 is 11.7 Å². The van der Waals surface area contributed by atoms with E-state index in [1.807, 2.05) is 23.7 Å². The van der Waals surface area contributed by atoms with E-state index in [1.54, 1.807) is 36.3 Å². The lowest BCUT2D eigenvalue weighted by Crippen LogP contribution is -2.23. The van der Waals surface area contributed by atoms with E-state index in [2.05, 4.69) is 20.1 Å². The maximum absolute atomic E-state index is 12.8. The number of pyridine rings is 1. The van der Waals surface area contributed by atoms with Crippen LogP contribution in [-0.4, -0.2) is 50.0 Å². The molecule has 5 nitrogen and oxygen atoms in total. The maximum atomic E-state index is 12.8. The second-order valence-electron chi connectivity index (χ2n) is 9.07. The minimum absolute atomic E-state index is 0.260. The summed E-state index contributed by atoms with van der Waals surface area (Å²) in [6.45, 7) is 3.14. The Morgan fingerprint density at radius 3 is 2.58 bits per heavy atom. The number of alkyl halides is 3. The first-order chi connectivity index (χ1) is 15.9. The highest BCUT2D eigenvalue weighted by Gasteiger charge is 2.57. The summed E-state index contributed by atoms with van der Waals surface area (Å²) in [4.78, 5) is 6.55. The first kappa shape index (κ1) is 22.4. The number of benzene rings is 1. The van der Waals surface area contributed by atoms with Crippen molar-refractivity contribution < 1.29 is 13.2 Å². The highest BCUT2D eigenvalue weighted by molar-refractivity contribution is 7.99. The Hall–Kier alpha value is -2.39. The standard InChI is InChI=1S/C24H26F3N5S/c1-31-21(18-7-10-28-11-8-18)29-30-22(31)33-14-2-12-32-13-9-23(16-32)15-20(23)17-3-5-19(6-4-17)24(25,26)27/h3-8,10-11,20H,2,9,12-16H2,1H3/t20-,23+/m0/s1. The zero-order valence-electron chi connectivity index (χ0n) is 18.4. The van der Waals surface area contributed by atoms with Crippen LogP contribution < -0.4 is 0 Å². The van der Waals surface area contributed by atoms with Gasteiger partial charge in [0.15, 0.2) is 11.0 Å². The summed E-state index contributed by atoms with van der Waals surface area (Å²) in [6, 6.07) is 9.63. The molecule has 1 aromatic carbocycles. The molecule has 1 aliphatic carbocycles. The van der Waals surface area contributed by atoms with Crippen LogP contribution in [0.15, 0.2) is 53.9 Å². The highest BCUT2D eigenvalue weighted by atomic mass is 32.2. The molecule has 33 heavy (non-hydrogen) atoms. The van der Waals surface area contributed by atoms with Gasteiger partial charge < -0.3 is 9.47 Å². The van der Waals surface area contributed by atoms with Crippen LogP contribution >= 0.6 is 11.8 Å². The summed E-state index contributed by atoms with van der Waals surface area (Å²) in [6.07, 6.45) is 2.50. The summed E-state index contributed by atoms with van der Waals surface area (Å²) in [7, 11) is 1.98. The molecule has 1 spiro atoms. The van der Waals surface area contributed by atoms with Gasteiger partial charge in [0.25, 0.3) is 0 Å². The lowest BCUT2D eigenvalue weighted by atomic mass is 9.97. The molecule has 2 aliphatic rings. The second kappa shape index (κ2) is 8.76. The zero-order chi connectivity index (χ0) is 23.1. The summed E-state index contributed by atoms with van der Waals surface area (Å²) < 4.78 is 40.5. The van der Waals surface area contributed by atoms with E-state index in [-0.39, 0.29) is 5.41 Å². The first-order valence-electron chi connectivity index (χ1n) is 11.2. The fourth-order valence-electron chi connectivity index (χ4n) is 4.99. The average molecular weight is 474 g/mol. The van der Waals surface area contributed by atoms with Crippen LogP contribution in [0.2, 0.25) is 0 Å². The predicted molar refractivity (Wildman–Crippen MR) is 122 cm³/mol. The number of halogens is 3. The quantitative estimate of drug-likeness (QED) is 0.346. The molecular weight excluding hydrogens is 447 g/mol. The molecular formula is C24H26F3N5S. The minimum Gasteiger partial charge on any atom is -0.305 e. The molecule has 2 fully saturated rings. The van der Waals surface area contributed by atoms with Gasteiger partial charge in [-0.3, -0.25) is 4.98 Å². The van der Waals surface area contributed by atoms with Gasteiger partial charge in [-0.2, -0.15) is 13.2 Å². The van der Waals surface area contributed by atoms with Crippen molar-refractivity contribution in [3.8, 4) is 11.4 Å². The Balaban J connectivity index is 1.09. The van der Waals surface area contributed by atoms with Gasteiger partial charge in [0.05, 0.1) is 5.56 Å². The van der Waals surface area contributed by atoms with E-state index in [1.165, 1.54) is 12.1 Å². The Morgan fingerprint density at radius 1 is 1.09 bits per heavy atom. The first-order valence-corrected chi connectivity index (χ1v) is 12.2. The summed E-state index contributed by atoms with van der Waals surface area (Å²) in [5.41, 5.74) is 1.74. The van der Waals surface area contributed by atoms with Gasteiger partial charge in [-0.15, -0.1) is 10.2 Å². The molecule has 1 aliphatic heterocycles. The Kier molecular flexibility index (Phi) is 5.95. The van der Waals surface area contributed by atoms with Crippen molar-refractivity contribution in [1.82, 2.24) is 24.6 Å². The third-order valence-corrected chi connectivity index (χ3v) is 8.02. The third kappa shape index (κ3) is 4.66. The molecule has 0 N–H and O–H groups in total. The molecule has 2 atom stereocenters. The number of hydrogen-bond donors (Lipinski definition) is 0. The van der Waals surface area contributed by atoms with Crippen molar-refractivity contribution in [3.05, 3.63) is 59.9 Å². The fourth-order valence-corrected chi connectivity index (χ4v) is 5.83. The van der Waals surface area contributed by atoms with Crippen molar-refractivity contribution >= 4 is 11.8 Å². The predicted octanol–water partition coefficient (Wildman–Crippen LogP) is 5.26. The van der Waals surface area contributed by atoms with Gasteiger partial charge in [0.1, 0.15) is 0 Å². The average Bonchev–Trinajstić information content (AvgIpc) is 3.15. The third-order valence-electron chi connectivity index (χ3n) is 6.92. The molecule has 0 bridgehead atoms. The van der Waals surface area contributed by atoms with Gasteiger partial charge in [-0.1, -0.05) is 23.9 Å². The van der Waals surface area contributed by atoms with Crippen molar-refractivity contribution in [2.75, 3.05) is 25.4 Å². The van der Waals surface area contributed by atoms with Gasteiger partial charge in [0, 0.05) is 37.3 Å². The summed E-state index contributed by atoms with van der Waals surface area (Å²) in [5, 5.41) is 9.55. The van der Waals surface area contributed by atoms with Gasteiger partial charge in [-0.25, -0.2) is 0 Å². The van der Waals surface area contributed by atoms with Gasteiger partial charge in [0.2, 0.25) is 0 Å². The maximum Gasteiger partial charge on any atom is 0.416 e. The molecule has 0 unspecified atom stereocenters. The highest BCUT2D eigenvalue weighted by Crippen LogP contribution is 2.64. The Bertz CT molecular complexity index is 1100. The normalized spacial score (nSPS) is 22.8. The van der Waals surface area contributed by atoms with Gasteiger partial charge in [-0.05, 0) is 73.5 Å². The Morgan fingerprint density at radius 2 is 1.85 bits per heavy atom. The molecule has 1 saturated carbocycles.